The summed E-state index contributed by atoms with van der Waals surface area (Å²) in [5, 5.41) is 2.17. The molecule has 1 aromatic heterocycles. The van der Waals surface area contributed by atoms with Gasteiger partial charge in [0, 0.05) is 37.6 Å². The molecule has 1 atom stereocenters. The van der Waals surface area contributed by atoms with Gasteiger partial charge in [-0.05, 0) is 55.5 Å². The molecule has 2 saturated heterocycles. The van der Waals surface area contributed by atoms with E-state index >= 15 is 0 Å². The van der Waals surface area contributed by atoms with Crippen LogP contribution in [0.25, 0.3) is 0 Å². The standard InChI is InChI=1S/C18H30N4S.HI/c1-15-6-9-22(10-7-15)18(19)20-12-16-4-2-8-21(13-16)14-17-5-3-11-23-17;/h3,5,11,15-16H,2,4,6-10,12-14H2,1H3,(H2,19,20);1H. The number of piperidine rings is 2. The second-order valence-corrected chi connectivity index (χ2v) is 8.22. The van der Waals surface area contributed by atoms with Crippen LogP contribution in [-0.2, 0) is 6.54 Å². The molecule has 2 aliphatic heterocycles. The summed E-state index contributed by atoms with van der Waals surface area (Å²) >= 11 is 1.86. The first-order chi connectivity index (χ1) is 11.2. The maximum atomic E-state index is 6.22. The van der Waals surface area contributed by atoms with Crippen molar-refractivity contribution in [2.24, 2.45) is 22.6 Å². The third-order valence-corrected chi connectivity index (χ3v) is 6.04. The van der Waals surface area contributed by atoms with E-state index in [1.165, 1.54) is 37.1 Å². The third-order valence-electron chi connectivity index (χ3n) is 5.18. The lowest BCUT2D eigenvalue weighted by Gasteiger charge is -2.33. The largest absolute Gasteiger partial charge is 0.370 e. The van der Waals surface area contributed by atoms with Crippen LogP contribution in [0.5, 0.6) is 0 Å². The van der Waals surface area contributed by atoms with Gasteiger partial charge in [0.15, 0.2) is 5.96 Å². The Kier molecular flexibility index (Phi) is 8.30. The number of rotatable bonds is 4. The summed E-state index contributed by atoms with van der Waals surface area (Å²) in [6, 6.07) is 4.38. The molecule has 1 unspecified atom stereocenters. The first-order valence-electron chi connectivity index (χ1n) is 9.00. The highest BCUT2D eigenvalue weighted by atomic mass is 127. The van der Waals surface area contributed by atoms with Crippen LogP contribution in [0.2, 0.25) is 0 Å². The van der Waals surface area contributed by atoms with Gasteiger partial charge in [0.1, 0.15) is 0 Å². The van der Waals surface area contributed by atoms with E-state index in [1.54, 1.807) is 0 Å². The second-order valence-electron chi connectivity index (χ2n) is 7.19. The number of hydrogen-bond donors (Lipinski definition) is 1. The average molecular weight is 462 g/mol. The fraction of sp³-hybridized carbons (Fsp3) is 0.722. The summed E-state index contributed by atoms with van der Waals surface area (Å²) in [7, 11) is 0. The summed E-state index contributed by atoms with van der Waals surface area (Å²) in [5.41, 5.74) is 6.22. The summed E-state index contributed by atoms with van der Waals surface area (Å²) in [6.45, 7) is 8.84. The first kappa shape index (κ1) is 20.0. The Bertz CT molecular complexity index is 497. The highest BCUT2D eigenvalue weighted by molar-refractivity contribution is 14.0. The van der Waals surface area contributed by atoms with Crippen molar-refractivity contribution in [2.45, 2.75) is 39.2 Å². The first-order valence-corrected chi connectivity index (χ1v) is 9.88. The van der Waals surface area contributed by atoms with Gasteiger partial charge in [0.25, 0.3) is 0 Å². The third kappa shape index (κ3) is 5.88. The Hall–Kier alpha value is -0.340. The Morgan fingerprint density at radius 1 is 1.29 bits per heavy atom. The molecule has 24 heavy (non-hydrogen) atoms. The number of hydrogen-bond acceptors (Lipinski definition) is 3. The molecule has 0 aliphatic carbocycles. The fourth-order valence-corrected chi connectivity index (χ4v) is 4.37. The van der Waals surface area contributed by atoms with E-state index in [2.05, 4.69) is 34.2 Å². The minimum atomic E-state index is 0. The second kappa shape index (κ2) is 9.97. The van der Waals surface area contributed by atoms with E-state index in [0.29, 0.717) is 5.92 Å². The number of nitrogens with zero attached hydrogens (tertiary/aromatic N) is 3. The van der Waals surface area contributed by atoms with Gasteiger partial charge in [-0.3, -0.25) is 9.89 Å². The topological polar surface area (TPSA) is 44.9 Å². The van der Waals surface area contributed by atoms with E-state index < -0.39 is 0 Å². The van der Waals surface area contributed by atoms with E-state index in [-0.39, 0.29) is 24.0 Å². The fourth-order valence-electron chi connectivity index (χ4n) is 3.63. The van der Waals surface area contributed by atoms with Crippen LogP contribution in [0, 0.1) is 11.8 Å². The van der Waals surface area contributed by atoms with E-state index in [0.717, 1.165) is 44.6 Å². The number of halogens is 1. The monoisotopic (exact) mass is 462 g/mol. The maximum absolute atomic E-state index is 6.22. The molecule has 3 heterocycles. The Labute approximate surface area is 167 Å². The van der Waals surface area contributed by atoms with E-state index in [1.807, 2.05) is 11.3 Å². The molecule has 0 bridgehead atoms. The quantitative estimate of drug-likeness (QED) is 0.422. The lowest BCUT2D eigenvalue weighted by Crippen LogP contribution is -2.43. The Morgan fingerprint density at radius 3 is 2.79 bits per heavy atom. The summed E-state index contributed by atoms with van der Waals surface area (Å²) in [6.07, 6.45) is 5.06. The molecular weight excluding hydrogens is 431 g/mol. The van der Waals surface area contributed by atoms with Crippen molar-refractivity contribution in [1.82, 2.24) is 9.80 Å². The SMILES string of the molecule is CC1CCN(C(N)=NCC2CCCN(Cc3cccs3)C2)CC1.I. The molecule has 0 spiro atoms. The zero-order valence-corrected chi connectivity index (χ0v) is 17.8. The van der Waals surface area contributed by atoms with Gasteiger partial charge in [-0.15, -0.1) is 35.3 Å². The predicted molar refractivity (Wildman–Crippen MR) is 114 cm³/mol. The molecule has 2 N–H and O–H groups in total. The number of thiophene rings is 1. The molecule has 4 nitrogen and oxygen atoms in total. The van der Waals surface area contributed by atoms with Crippen LogP contribution in [0.3, 0.4) is 0 Å². The van der Waals surface area contributed by atoms with Crippen LogP contribution >= 0.6 is 35.3 Å². The van der Waals surface area contributed by atoms with Crippen molar-refractivity contribution in [3.05, 3.63) is 22.4 Å². The van der Waals surface area contributed by atoms with E-state index in [4.69, 9.17) is 10.7 Å². The molecular formula is C18H31IN4S. The maximum Gasteiger partial charge on any atom is 0.191 e. The van der Waals surface area contributed by atoms with Crippen LogP contribution in [-0.4, -0.2) is 48.5 Å². The molecule has 2 fully saturated rings. The van der Waals surface area contributed by atoms with Crippen molar-refractivity contribution in [3.8, 4) is 0 Å². The minimum absolute atomic E-state index is 0. The van der Waals surface area contributed by atoms with Gasteiger partial charge in [-0.25, -0.2) is 0 Å². The number of nitrogens with two attached hydrogens (primary N) is 1. The highest BCUT2D eigenvalue weighted by Gasteiger charge is 2.21. The van der Waals surface area contributed by atoms with Gasteiger partial charge in [0.05, 0.1) is 0 Å². The summed E-state index contributed by atoms with van der Waals surface area (Å²) in [4.78, 5) is 11.0. The summed E-state index contributed by atoms with van der Waals surface area (Å²) in [5.74, 6) is 2.27. The molecule has 6 heteroatoms. The molecule has 0 radical (unpaired) electrons. The highest BCUT2D eigenvalue weighted by Crippen LogP contribution is 2.21. The molecule has 3 rings (SSSR count). The molecule has 0 aromatic carbocycles. The van der Waals surface area contributed by atoms with Crippen molar-refractivity contribution in [2.75, 3.05) is 32.7 Å². The average Bonchev–Trinajstić information content (AvgIpc) is 3.07. The van der Waals surface area contributed by atoms with Crippen molar-refractivity contribution in [3.63, 3.8) is 0 Å². The van der Waals surface area contributed by atoms with Gasteiger partial charge in [-0.1, -0.05) is 13.0 Å². The molecule has 0 amide bonds. The van der Waals surface area contributed by atoms with E-state index in [9.17, 15) is 0 Å². The number of aliphatic imine (C=N–C) groups is 1. The molecule has 0 saturated carbocycles. The molecule has 136 valence electrons. The predicted octanol–water partition coefficient (Wildman–Crippen LogP) is 3.62. The minimum Gasteiger partial charge on any atom is -0.370 e. The number of likely N-dealkylation sites (tertiary alicyclic amines) is 2. The summed E-state index contributed by atoms with van der Waals surface area (Å²) < 4.78 is 0. The van der Waals surface area contributed by atoms with Gasteiger partial charge < -0.3 is 10.6 Å². The van der Waals surface area contributed by atoms with Crippen LogP contribution < -0.4 is 5.73 Å². The van der Waals surface area contributed by atoms with Crippen LogP contribution in [0.15, 0.2) is 22.5 Å². The normalized spacial score (nSPS) is 24.0. The molecule has 2 aliphatic rings. The Morgan fingerprint density at radius 2 is 2.08 bits per heavy atom. The van der Waals surface area contributed by atoms with Crippen LogP contribution in [0.1, 0.15) is 37.5 Å². The lowest BCUT2D eigenvalue weighted by atomic mass is 9.98. The van der Waals surface area contributed by atoms with Crippen molar-refractivity contribution < 1.29 is 0 Å². The lowest BCUT2D eigenvalue weighted by molar-refractivity contribution is 0.172. The van der Waals surface area contributed by atoms with Gasteiger partial charge in [-0.2, -0.15) is 0 Å². The smallest absolute Gasteiger partial charge is 0.191 e. The van der Waals surface area contributed by atoms with Crippen molar-refractivity contribution in [1.29, 1.82) is 0 Å². The zero-order valence-electron chi connectivity index (χ0n) is 14.7. The molecule has 1 aromatic rings. The Balaban J connectivity index is 0.00000208. The van der Waals surface area contributed by atoms with Crippen LogP contribution in [0.4, 0.5) is 0 Å². The van der Waals surface area contributed by atoms with Crippen molar-refractivity contribution >= 4 is 41.3 Å². The zero-order chi connectivity index (χ0) is 16.1. The van der Waals surface area contributed by atoms with Gasteiger partial charge >= 0.3 is 0 Å². The van der Waals surface area contributed by atoms with Gasteiger partial charge in [0.2, 0.25) is 0 Å². The number of guanidine groups is 1.